The Morgan fingerprint density at radius 1 is 1.25 bits per heavy atom. The van der Waals surface area contributed by atoms with Crippen molar-refractivity contribution in [3.63, 3.8) is 0 Å². The largest absolute Gasteiger partial charge is 0.379 e. The summed E-state index contributed by atoms with van der Waals surface area (Å²) in [5.41, 5.74) is 1.90. The zero-order valence-corrected chi connectivity index (χ0v) is 13.1. The van der Waals surface area contributed by atoms with Crippen LogP contribution in [0.25, 0.3) is 10.1 Å². The van der Waals surface area contributed by atoms with Crippen LogP contribution in [0.4, 0.5) is 5.69 Å². The van der Waals surface area contributed by atoms with Gasteiger partial charge in [0, 0.05) is 15.0 Å². The van der Waals surface area contributed by atoms with Gasteiger partial charge in [0.1, 0.15) is 5.15 Å². The maximum Gasteiger partial charge on any atom is 0.132 e. The number of thiophene rings is 1. The molecule has 0 radical (unpaired) electrons. The first-order valence-corrected chi connectivity index (χ1v) is 7.74. The summed E-state index contributed by atoms with van der Waals surface area (Å²) in [4.78, 5) is 5.25. The number of hydrogen-bond acceptors (Lipinski definition) is 3. The van der Waals surface area contributed by atoms with Crippen molar-refractivity contribution < 1.29 is 0 Å². The highest BCUT2D eigenvalue weighted by Gasteiger charge is 2.09. The summed E-state index contributed by atoms with van der Waals surface area (Å²) in [5, 5.41) is 5.82. The molecule has 0 saturated carbocycles. The molecular weight excluding hydrogens is 311 g/mol. The van der Waals surface area contributed by atoms with Crippen LogP contribution in [0.2, 0.25) is 10.2 Å². The third kappa shape index (κ3) is 2.62. The molecule has 2 heterocycles. The molecule has 3 aromatic rings. The number of aryl methyl sites for hydroxylation is 1. The molecule has 0 spiro atoms. The number of aromatic nitrogens is 1. The van der Waals surface area contributed by atoms with Crippen LogP contribution in [0, 0.1) is 6.92 Å². The molecule has 2 aromatic heterocycles. The van der Waals surface area contributed by atoms with E-state index in [1.54, 1.807) is 17.5 Å². The molecule has 5 heteroatoms. The van der Waals surface area contributed by atoms with Crippen molar-refractivity contribution in [2.45, 2.75) is 13.5 Å². The maximum absolute atomic E-state index is 6.41. The average Bonchev–Trinajstić information content (AvgIpc) is 2.77. The van der Waals surface area contributed by atoms with Crippen LogP contribution in [0.3, 0.4) is 0 Å². The molecule has 0 saturated heterocycles. The van der Waals surface area contributed by atoms with Gasteiger partial charge < -0.3 is 5.32 Å². The van der Waals surface area contributed by atoms with Crippen molar-refractivity contribution in [1.29, 1.82) is 0 Å². The SMILES string of the molecule is Cc1cc(NCc2sc3ccccc3c2Cl)cnc1Cl. The van der Waals surface area contributed by atoms with Gasteiger partial charge in [-0.1, -0.05) is 41.4 Å². The average molecular weight is 323 g/mol. The van der Waals surface area contributed by atoms with Crippen molar-refractivity contribution in [3.05, 3.63) is 57.1 Å². The van der Waals surface area contributed by atoms with Crippen LogP contribution in [-0.4, -0.2) is 4.98 Å². The predicted octanol–water partition coefficient (Wildman–Crippen LogP) is 5.52. The molecule has 0 atom stereocenters. The van der Waals surface area contributed by atoms with E-state index in [-0.39, 0.29) is 0 Å². The molecular formula is C15H12Cl2N2S. The third-order valence-corrected chi connectivity index (χ3v) is 5.18. The highest BCUT2D eigenvalue weighted by molar-refractivity contribution is 7.19. The Bertz CT molecular complexity index is 768. The number of halogens is 2. The smallest absolute Gasteiger partial charge is 0.132 e. The third-order valence-electron chi connectivity index (χ3n) is 3.07. The van der Waals surface area contributed by atoms with Gasteiger partial charge in [0.25, 0.3) is 0 Å². The molecule has 0 amide bonds. The van der Waals surface area contributed by atoms with Crippen LogP contribution in [0.15, 0.2) is 36.5 Å². The summed E-state index contributed by atoms with van der Waals surface area (Å²) < 4.78 is 1.21. The van der Waals surface area contributed by atoms with Crippen LogP contribution < -0.4 is 5.32 Å². The number of pyridine rings is 1. The second kappa shape index (κ2) is 5.60. The molecule has 0 fully saturated rings. The molecule has 0 unspecified atom stereocenters. The van der Waals surface area contributed by atoms with Gasteiger partial charge in [-0.15, -0.1) is 11.3 Å². The van der Waals surface area contributed by atoms with E-state index in [9.17, 15) is 0 Å². The van der Waals surface area contributed by atoms with Gasteiger partial charge >= 0.3 is 0 Å². The topological polar surface area (TPSA) is 24.9 Å². The number of anilines is 1. The van der Waals surface area contributed by atoms with Gasteiger partial charge in [-0.2, -0.15) is 0 Å². The number of fused-ring (bicyclic) bond motifs is 1. The molecule has 0 aliphatic carbocycles. The lowest BCUT2D eigenvalue weighted by atomic mass is 10.2. The van der Waals surface area contributed by atoms with Crippen LogP contribution in [-0.2, 0) is 6.54 Å². The molecule has 0 aliphatic rings. The Morgan fingerprint density at radius 3 is 2.80 bits per heavy atom. The monoisotopic (exact) mass is 322 g/mol. The fourth-order valence-corrected chi connectivity index (χ4v) is 3.56. The predicted molar refractivity (Wildman–Crippen MR) is 88.1 cm³/mol. The maximum atomic E-state index is 6.41. The Hall–Kier alpha value is -1.29. The van der Waals surface area contributed by atoms with E-state index in [1.165, 1.54) is 4.70 Å². The first kappa shape index (κ1) is 13.7. The van der Waals surface area contributed by atoms with E-state index in [0.717, 1.165) is 26.5 Å². The minimum absolute atomic E-state index is 0.537. The first-order chi connectivity index (χ1) is 9.65. The van der Waals surface area contributed by atoms with Crippen molar-refractivity contribution in [2.24, 2.45) is 0 Å². The van der Waals surface area contributed by atoms with Crippen molar-refractivity contribution in [1.82, 2.24) is 4.98 Å². The van der Waals surface area contributed by atoms with E-state index in [0.29, 0.717) is 11.7 Å². The summed E-state index contributed by atoms with van der Waals surface area (Å²) in [6, 6.07) is 10.1. The van der Waals surface area contributed by atoms with Gasteiger partial charge in [-0.3, -0.25) is 0 Å². The lowest BCUT2D eigenvalue weighted by Crippen LogP contribution is -1.99. The van der Waals surface area contributed by atoms with Gasteiger partial charge in [0.05, 0.1) is 23.5 Å². The minimum atomic E-state index is 0.537. The first-order valence-electron chi connectivity index (χ1n) is 6.17. The molecule has 1 aromatic carbocycles. The summed E-state index contributed by atoms with van der Waals surface area (Å²) in [5.74, 6) is 0. The summed E-state index contributed by atoms with van der Waals surface area (Å²) in [7, 11) is 0. The van der Waals surface area contributed by atoms with E-state index in [2.05, 4.69) is 16.4 Å². The standard InChI is InChI=1S/C15H12Cl2N2S/c1-9-6-10(7-19-15(9)17)18-8-13-14(16)11-4-2-3-5-12(11)20-13/h2-7,18H,8H2,1H3. The molecule has 20 heavy (non-hydrogen) atoms. The van der Waals surface area contributed by atoms with Crippen LogP contribution in [0.1, 0.15) is 10.4 Å². The van der Waals surface area contributed by atoms with Gasteiger partial charge in [0.2, 0.25) is 0 Å². The zero-order chi connectivity index (χ0) is 14.1. The van der Waals surface area contributed by atoms with Crippen LogP contribution >= 0.6 is 34.5 Å². The Labute approximate surface area is 131 Å². The summed E-state index contributed by atoms with van der Waals surface area (Å²) >= 11 is 14.0. The number of rotatable bonds is 3. The fourth-order valence-electron chi connectivity index (χ4n) is 2.02. The molecule has 0 aliphatic heterocycles. The van der Waals surface area contributed by atoms with E-state index in [1.807, 2.05) is 31.2 Å². The van der Waals surface area contributed by atoms with E-state index < -0.39 is 0 Å². The molecule has 102 valence electrons. The number of nitrogens with one attached hydrogen (secondary N) is 1. The normalized spacial score (nSPS) is 10.9. The van der Waals surface area contributed by atoms with Crippen molar-refractivity contribution in [2.75, 3.05) is 5.32 Å². The van der Waals surface area contributed by atoms with Crippen molar-refractivity contribution in [3.8, 4) is 0 Å². The number of nitrogens with zero attached hydrogens (tertiary/aromatic N) is 1. The quantitative estimate of drug-likeness (QED) is 0.642. The lowest BCUT2D eigenvalue weighted by molar-refractivity contribution is 1.16. The Morgan fingerprint density at radius 2 is 2.05 bits per heavy atom. The van der Waals surface area contributed by atoms with Gasteiger partial charge in [-0.25, -0.2) is 4.98 Å². The van der Waals surface area contributed by atoms with E-state index >= 15 is 0 Å². The Kier molecular flexibility index (Phi) is 3.83. The lowest BCUT2D eigenvalue weighted by Gasteiger charge is -2.06. The Balaban J connectivity index is 1.83. The van der Waals surface area contributed by atoms with Gasteiger partial charge in [-0.05, 0) is 24.6 Å². The second-order valence-electron chi connectivity index (χ2n) is 4.52. The van der Waals surface area contributed by atoms with Crippen molar-refractivity contribution >= 4 is 50.3 Å². The summed E-state index contributed by atoms with van der Waals surface area (Å²) in [6.45, 7) is 2.62. The van der Waals surface area contributed by atoms with E-state index in [4.69, 9.17) is 23.2 Å². The minimum Gasteiger partial charge on any atom is -0.379 e. The highest BCUT2D eigenvalue weighted by atomic mass is 35.5. The molecule has 2 nitrogen and oxygen atoms in total. The van der Waals surface area contributed by atoms with Crippen LogP contribution in [0.5, 0.6) is 0 Å². The molecule has 0 bridgehead atoms. The molecule has 1 N–H and O–H groups in total. The number of hydrogen-bond donors (Lipinski definition) is 1. The zero-order valence-electron chi connectivity index (χ0n) is 10.8. The summed E-state index contributed by atoms with van der Waals surface area (Å²) in [6.07, 6.45) is 1.73. The second-order valence-corrected chi connectivity index (χ2v) is 6.39. The number of benzene rings is 1. The van der Waals surface area contributed by atoms with Gasteiger partial charge in [0.15, 0.2) is 0 Å². The fraction of sp³-hybridized carbons (Fsp3) is 0.133. The molecule has 3 rings (SSSR count). The highest BCUT2D eigenvalue weighted by Crippen LogP contribution is 2.35.